The second-order valence-corrected chi connectivity index (χ2v) is 7.17. The van der Waals surface area contributed by atoms with E-state index in [4.69, 9.17) is 9.47 Å². The van der Waals surface area contributed by atoms with Crippen molar-refractivity contribution in [1.29, 1.82) is 0 Å². The topological polar surface area (TPSA) is 94.8 Å². The molecule has 0 unspecified atom stereocenters. The summed E-state index contributed by atoms with van der Waals surface area (Å²) in [5.41, 5.74) is 4.59. The van der Waals surface area contributed by atoms with Crippen molar-refractivity contribution >= 4 is 29.0 Å². The van der Waals surface area contributed by atoms with Crippen molar-refractivity contribution in [1.82, 2.24) is 9.55 Å². The highest BCUT2D eigenvalue weighted by Gasteiger charge is 2.10. The Labute approximate surface area is 180 Å². The summed E-state index contributed by atoms with van der Waals surface area (Å²) in [5, 5.41) is 4.78. The number of ether oxygens (including phenoxy) is 2. The van der Waals surface area contributed by atoms with Gasteiger partial charge in [-0.1, -0.05) is 24.3 Å². The van der Waals surface area contributed by atoms with Crippen LogP contribution in [0.4, 0.5) is 5.95 Å². The molecule has 162 valence electrons. The highest BCUT2D eigenvalue weighted by atomic mass is 16.5. The first-order chi connectivity index (χ1) is 15.0. The Morgan fingerprint density at radius 2 is 1.94 bits per heavy atom. The lowest BCUT2D eigenvalue weighted by atomic mass is 10.1. The standard InChI is InChI=1S/C23H26N4O4/c1-16(2)31-14-6-13-27-21(28)19-7-4-5-8-20(19)25-23(27)26-24-15-17-9-11-18(12-10-17)22(29)30-3/h4-5,7-12,15-16H,6,13-14H2,1-3H3,(H,25,26)/b24-15-. The molecule has 31 heavy (non-hydrogen) atoms. The van der Waals surface area contributed by atoms with Crippen LogP contribution in [-0.4, -0.2) is 41.6 Å². The molecule has 8 heteroatoms. The van der Waals surface area contributed by atoms with Crippen LogP contribution in [0, 0.1) is 0 Å². The molecule has 1 N–H and O–H groups in total. The number of nitrogens with zero attached hydrogens (tertiary/aromatic N) is 3. The first kappa shape index (κ1) is 22.2. The number of rotatable bonds is 9. The van der Waals surface area contributed by atoms with Gasteiger partial charge in [-0.3, -0.25) is 9.36 Å². The van der Waals surface area contributed by atoms with Crippen molar-refractivity contribution in [3.63, 3.8) is 0 Å². The maximum Gasteiger partial charge on any atom is 0.337 e. The summed E-state index contributed by atoms with van der Waals surface area (Å²) < 4.78 is 11.9. The number of carbonyl (C=O) groups is 1. The number of esters is 1. The van der Waals surface area contributed by atoms with Gasteiger partial charge in [0, 0.05) is 13.2 Å². The summed E-state index contributed by atoms with van der Waals surface area (Å²) in [4.78, 5) is 29.1. The van der Waals surface area contributed by atoms with Crippen LogP contribution in [0.1, 0.15) is 36.2 Å². The van der Waals surface area contributed by atoms with E-state index in [0.29, 0.717) is 42.0 Å². The molecular formula is C23H26N4O4. The molecule has 3 aromatic rings. The predicted molar refractivity (Wildman–Crippen MR) is 121 cm³/mol. The first-order valence-electron chi connectivity index (χ1n) is 10.1. The number of hydrazone groups is 1. The Bertz CT molecular complexity index is 1120. The highest BCUT2D eigenvalue weighted by molar-refractivity contribution is 5.90. The van der Waals surface area contributed by atoms with E-state index >= 15 is 0 Å². The number of aromatic nitrogens is 2. The number of carbonyl (C=O) groups excluding carboxylic acids is 1. The number of para-hydroxylation sites is 1. The second-order valence-electron chi connectivity index (χ2n) is 7.17. The van der Waals surface area contributed by atoms with Crippen molar-refractivity contribution in [3.8, 4) is 0 Å². The smallest absolute Gasteiger partial charge is 0.337 e. The number of hydrogen-bond donors (Lipinski definition) is 1. The predicted octanol–water partition coefficient (Wildman–Crippen LogP) is 3.44. The van der Waals surface area contributed by atoms with Gasteiger partial charge in [-0.25, -0.2) is 15.2 Å². The van der Waals surface area contributed by atoms with Crippen LogP contribution >= 0.6 is 0 Å². The van der Waals surface area contributed by atoms with Gasteiger partial charge < -0.3 is 9.47 Å². The summed E-state index contributed by atoms with van der Waals surface area (Å²) >= 11 is 0. The average molecular weight is 422 g/mol. The van der Waals surface area contributed by atoms with Gasteiger partial charge in [-0.05, 0) is 50.1 Å². The molecule has 0 bridgehead atoms. The van der Waals surface area contributed by atoms with E-state index in [1.165, 1.54) is 7.11 Å². The van der Waals surface area contributed by atoms with Crippen LogP contribution in [0.5, 0.6) is 0 Å². The summed E-state index contributed by atoms with van der Waals surface area (Å²) in [5.74, 6) is -0.0388. The lowest BCUT2D eigenvalue weighted by molar-refractivity contribution is 0.0600. The second kappa shape index (κ2) is 10.5. The molecule has 1 aromatic heterocycles. The molecule has 0 saturated carbocycles. The van der Waals surface area contributed by atoms with Crippen LogP contribution in [0.25, 0.3) is 10.9 Å². The van der Waals surface area contributed by atoms with E-state index in [9.17, 15) is 9.59 Å². The largest absolute Gasteiger partial charge is 0.465 e. The Balaban J connectivity index is 1.80. The van der Waals surface area contributed by atoms with Crippen LogP contribution in [-0.2, 0) is 16.0 Å². The summed E-state index contributed by atoms with van der Waals surface area (Å²) in [7, 11) is 1.34. The molecule has 0 saturated heterocycles. The molecule has 0 atom stereocenters. The zero-order chi connectivity index (χ0) is 22.2. The van der Waals surface area contributed by atoms with Gasteiger partial charge in [-0.2, -0.15) is 5.10 Å². The SMILES string of the molecule is COC(=O)c1ccc(/C=N\Nc2nc3ccccc3c(=O)n2CCCOC(C)C)cc1. The maximum atomic E-state index is 13.0. The van der Waals surface area contributed by atoms with Gasteiger partial charge in [0.1, 0.15) is 0 Å². The summed E-state index contributed by atoms with van der Waals surface area (Å²) in [6.07, 6.45) is 2.40. The molecular weight excluding hydrogens is 396 g/mol. The molecule has 0 aliphatic rings. The number of hydrogen-bond acceptors (Lipinski definition) is 7. The van der Waals surface area contributed by atoms with Crippen molar-refractivity contribution in [2.75, 3.05) is 19.1 Å². The molecule has 0 spiro atoms. The first-order valence-corrected chi connectivity index (χ1v) is 10.1. The number of nitrogens with one attached hydrogen (secondary N) is 1. The Hall–Kier alpha value is -3.52. The summed E-state index contributed by atoms with van der Waals surface area (Å²) in [6.45, 7) is 4.95. The van der Waals surface area contributed by atoms with Crippen molar-refractivity contribution in [3.05, 3.63) is 70.0 Å². The van der Waals surface area contributed by atoms with Crippen molar-refractivity contribution in [2.24, 2.45) is 5.10 Å². The third-order valence-electron chi connectivity index (χ3n) is 4.55. The van der Waals surface area contributed by atoms with Gasteiger partial charge in [0.15, 0.2) is 0 Å². The lowest BCUT2D eigenvalue weighted by Gasteiger charge is -2.13. The molecule has 0 aliphatic carbocycles. The van der Waals surface area contributed by atoms with Crippen LogP contribution in [0.3, 0.4) is 0 Å². The Morgan fingerprint density at radius 1 is 1.19 bits per heavy atom. The molecule has 8 nitrogen and oxygen atoms in total. The van der Waals surface area contributed by atoms with Crippen LogP contribution < -0.4 is 11.0 Å². The third-order valence-corrected chi connectivity index (χ3v) is 4.55. The monoisotopic (exact) mass is 422 g/mol. The maximum absolute atomic E-state index is 13.0. The van der Waals surface area contributed by atoms with Crippen molar-refractivity contribution < 1.29 is 14.3 Å². The Kier molecular flexibility index (Phi) is 7.50. The highest BCUT2D eigenvalue weighted by Crippen LogP contribution is 2.12. The Morgan fingerprint density at radius 3 is 2.65 bits per heavy atom. The third kappa shape index (κ3) is 5.76. The quantitative estimate of drug-likeness (QED) is 0.246. The van der Waals surface area contributed by atoms with Crippen LogP contribution in [0.2, 0.25) is 0 Å². The van der Waals surface area contributed by atoms with E-state index in [1.54, 1.807) is 47.2 Å². The minimum atomic E-state index is -0.396. The minimum absolute atomic E-state index is 0.129. The van der Waals surface area contributed by atoms with Gasteiger partial charge in [0.05, 0.1) is 35.9 Å². The fourth-order valence-corrected chi connectivity index (χ4v) is 2.99. The van der Waals surface area contributed by atoms with E-state index in [0.717, 1.165) is 5.56 Å². The fourth-order valence-electron chi connectivity index (χ4n) is 2.99. The molecule has 2 aromatic carbocycles. The number of anilines is 1. The van der Waals surface area contributed by atoms with Crippen LogP contribution in [0.15, 0.2) is 58.4 Å². The molecule has 0 radical (unpaired) electrons. The minimum Gasteiger partial charge on any atom is -0.465 e. The fraction of sp³-hybridized carbons (Fsp3) is 0.304. The summed E-state index contributed by atoms with van der Waals surface area (Å²) in [6, 6.07) is 14.0. The molecule has 0 fully saturated rings. The number of methoxy groups -OCH3 is 1. The molecule has 1 heterocycles. The molecule has 0 aliphatic heterocycles. The lowest BCUT2D eigenvalue weighted by Crippen LogP contribution is -2.25. The molecule has 0 amide bonds. The van der Waals surface area contributed by atoms with Gasteiger partial charge in [-0.15, -0.1) is 0 Å². The van der Waals surface area contributed by atoms with Gasteiger partial charge >= 0.3 is 5.97 Å². The van der Waals surface area contributed by atoms with Gasteiger partial charge in [0.25, 0.3) is 5.56 Å². The van der Waals surface area contributed by atoms with E-state index in [2.05, 4.69) is 15.5 Å². The number of fused-ring (bicyclic) bond motifs is 1. The normalized spacial score (nSPS) is 11.4. The molecule has 3 rings (SSSR count). The average Bonchev–Trinajstić information content (AvgIpc) is 2.78. The van der Waals surface area contributed by atoms with E-state index < -0.39 is 5.97 Å². The van der Waals surface area contributed by atoms with E-state index in [-0.39, 0.29) is 11.7 Å². The van der Waals surface area contributed by atoms with E-state index in [1.807, 2.05) is 26.0 Å². The van der Waals surface area contributed by atoms with Gasteiger partial charge in [0.2, 0.25) is 5.95 Å². The number of benzene rings is 2. The van der Waals surface area contributed by atoms with Crippen molar-refractivity contribution in [2.45, 2.75) is 32.9 Å². The zero-order valence-corrected chi connectivity index (χ0v) is 17.9. The zero-order valence-electron chi connectivity index (χ0n) is 17.9.